The number of hydrogen-bond donors (Lipinski definition) is 1. The first kappa shape index (κ1) is 15.0. The average molecular weight is 308 g/mol. The van der Waals surface area contributed by atoms with Crippen LogP contribution in [0.15, 0.2) is 29.2 Å². The number of fused-ring (bicyclic) bond motifs is 1. The van der Waals surface area contributed by atoms with Gasteiger partial charge in [-0.25, -0.2) is 8.42 Å². The largest absolute Gasteiger partial charge is 0.307 e. The van der Waals surface area contributed by atoms with Crippen molar-refractivity contribution in [2.45, 2.75) is 43.2 Å². The Bertz CT molecular complexity index is 594. The van der Waals surface area contributed by atoms with E-state index in [2.05, 4.69) is 17.1 Å². The summed E-state index contributed by atoms with van der Waals surface area (Å²) in [6, 6.07) is 7.78. The number of nitrogens with zero attached hydrogens (tertiary/aromatic N) is 1. The Morgan fingerprint density at radius 1 is 1.24 bits per heavy atom. The molecule has 1 N–H and O–H groups in total. The van der Waals surface area contributed by atoms with Crippen LogP contribution in [0.2, 0.25) is 0 Å². The van der Waals surface area contributed by atoms with Crippen LogP contribution in [0.25, 0.3) is 0 Å². The van der Waals surface area contributed by atoms with Gasteiger partial charge >= 0.3 is 0 Å². The smallest absolute Gasteiger partial charge is 0.180 e. The van der Waals surface area contributed by atoms with Crippen molar-refractivity contribution in [3.05, 3.63) is 29.8 Å². The standard InChI is InChI=1S/C16H24N2O2S/c1-13(18-9-5-2-6-10-18)11-17-15-12-21(19,20)16-8-4-3-7-14(15)16/h3-4,7-8,13,15,17H,2,5-6,9-12H2,1H3. The van der Waals surface area contributed by atoms with Gasteiger partial charge in [-0.3, -0.25) is 4.90 Å². The number of benzene rings is 1. The molecule has 1 saturated heterocycles. The van der Waals surface area contributed by atoms with E-state index in [1.165, 1.54) is 32.4 Å². The maximum Gasteiger partial charge on any atom is 0.180 e. The fourth-order valence-electron chi connectivity index (χ4n) is 3.42. The minimum Gasteiger partial charge on any atom is -0.307 e. The van der Waals surface area contributed by atoms with Crippen LogP contribution in [0, 0.1) is 0 Å². The van der Waals surface area contributed by atoms with Crippen molar-refractivity contribution in [2.75, 3.05) is 25.4 Å². The number of sulfone groups is 1. The van der Waals surface area contributed by atoms with E-state index >= 15 is 0 Å². The molecule has 1 aromatic carbocycles. The number of rotatable bonds is 4. The Morgan fingerprint density at radius 2 is 1.95 bits per heavy atom. The zero-order valence-electron chi connectivity index (χ0n) is 12.6. The zero-order chi connectivity index (χ0) is 14.9. The van der Waals surface area contributed by atoms with E-state index in [4.69, 9.17) is 0 Å². The molecule has 2 atom stereocenters. The van der Waals surface area contributed by atoms with Gasteiger partial charge < -0.3 is 5.32 Å². The maximum atomic E-state index is 12.2. The Labute approximate surface area is 127 Å². The molecule has 1 aromatic rings. The molecular weight excluding hydrogens is 284 g/mol. The number of nitrogens with one attached hydrogen (secondary N) is 1. The molecular formula is C16H24N2O2S. The lowest BCUT2D eigenvalue weighted by Crippen LogP contribution is -2.44. The summed E-state index contributed by atoms with van der Waals surface area (Å²) in [5, 5.41) is 3.47. The maximum absolute atomic E-state index is 12.2. The van der Waals surface area contributed by atoms with Crippen LogP contribution >= 0.6 is 0 Å². The first-order valence-corrected chi connectivity index (χ1v) is 9.52. The van der Waals surface area contributed by atoms with E-state index in [9.17, 15) is 8.42 Å². The fraction of sp³-hybridized carbons (Fsp3) is 0.625. The monoisotopic (exact) mass is 308 g/mol. The summed E-state index contributed by atoms with van der Waals surface area (Å²) in [5.74, 6) is 0.194. The van der Waals surface area contributed by atoms with Crippen molar-refractivity contribution in [1.82, 2.24) is 10.2 Å². The lowest BCUT2D eigenvalue weighted by Gasteiger charge is -2.33. The van der Waals surface area contributed by atoms with Gasteiger partial charge in [0.05, 0.1) is 10.6 Å². The molecule has 0 amide bonds. The second-order valence-electron chi connectivity index (χ2n) is 6.23. The molecule has 2 aliphatic heterocycles. The summed E-state index contributed by atoms with van der Waals surface area (Å²) >= 11 is 0. The van der Waals surface area contributed by atoms with E-state index in [0.29, 0.717) is 10.9 Å². The molecule has 0 spiro atoms. The highest BCUT2D eigenvalue weighted by atomic mass is 32.2. The second-order valence-corrected chi connectivity index (χ2v) is 8.23. The minimum atomic E-state index is -3.10. The third kappa shape index (κ3) is 3.15. The molecule has 2 heterocycles. The molecule has 5 heteroatoms. The van der Waals surface area contributed by atoms with Crippen LogP contribution in [0.5, 0.6) is 0 Å². The van der Waals surface area contributed by atoms with E-state index in [1.54, 1.807) is 12.1 Å². The lowest BCUT2D eigenvalue weighted by molar-refractivity contribution is 0.169. The molecule has 21 heavy (non-hydrogen) atoms. The predicted molar refractivity (Wildman–Crippen MR) is 84.1 cm³/mol. The van der Waals surface area contributed by atoms with Gasteiger partial charge in [-0.05, 0) is 44.5 Å². The molecule has 0 radical (unpaired) electrons. The van der Waals surface area contributed by atoms with Gasteiger partial charge in [-0.15, -0.1) is 0 Å². The molecule has 0 saturated carbocycles. The SMILES string of the molecule is CC(CNC1CS(=O)(=O)c2ccccc21)N1CCCCC1. The summed E-state index contributed by atoms with van der Waals surface area (Å²) in [7, 11) is -3.10. The number of likely N-dealkylation sites (tertiary alicyclic amines) is 1. The van der Waals surface area contributed by atoms with Crippen molar-refractivity contribution in [2.24, 2.45) is 0 Å². The highest BCUT2D eigenvalue weighted by molar-refractivity contribution is 7.91. The van der Waals surface area contributed by atoms with Crippen LogP contribution in [-0.2, 0) is 9.84 Å². The van der Waals surface area contributed by atoms with E-state index in [-0.39, 0.29) is 11.8 Å². The first-order valence-electron chi connectivity index (χ1n) is 7.87. The third-order valence-corrected chi connectivity index (χ3v) is 6.50. The summed E-state index contributed by atoms with van der Waals surface area (Å²) < 4.78 is 24.3. The predicted octanol–water partition coefficient (Wildman–Crippen LogP) is 1.98. The highest BCUT2D eigenvalue weighted by Gasteiger charge is 2.34. The Kier molecular flexibility index (Phi) is 4.33. The number of piperidine rings is 1. The van der Waals surface area contributed by atoms with E-state index < -0.39 is 9.84 Å². The van der Waals surface area contributed by atoms with Gasteiger partial charge in [0.15, 0.2) is 9.84 Å². The van der Waals surface area contributed by atoms with Gasteiger partial charge in [0.1, 0.15) is 0 Å². The number of hydrogen-bond acceptors (Lipinski definition) is 4. The molecule has 2 unspecified atom stereocenters. The van der Waals surface area contributed by atoms with Crippen molar-refractivity contribution >= 4 is 9.84 Å². The van der Waals surface area contributed by atoms with Crippen molar-refractivity contribution in [3.63, 3.8) is 0 Å². The van der Waals surface area contributed by atoms with Crippen LogP contribution < -0.4 is 5.32 Å². The first-order chi connectivity index (χ1) is 10.1. The van der Waals surface area contributed by atoms with Gasteiger partial charge in [0.2, 0.25) is 0 Å². The van der Waals surface area contributed by atoms with Gasteiger partial charge in [0, 0.05) is 18.6 Å². The Hall–Kier alpha value is -0.910. The summed E-state index contributed by atoms with van der Waals surface area (Å²) in [5.41, 5.74) is 0.934. The molecule has 0 aliphatic carbocycles. The summed E-state index contributed by atoms with van der Waals surface area (Å²) in [6.45, 7) is 5.41. The summed E-state index contributed by atoms with van der Waals surface area (Å²) in [4.78, 5) is 3.01. The second kappa shape index (κ2) is 6.07. The Morgan fingerprint density at radius 3 is 2.71 bits per heavy atom. The van der Waals surface area contributed by atoms with Gasteiger partial charge in [0.25, 0.3) is 0 Å². The molecule has 1 fully saturated rings. The molecule has 0 bridgehead atoms. The van der Waals surface area contributed by atoms with Gasteiger partial charge in [-0.2, -0.15) is 0 Å². The molecule has 0 aromatic heterocycles. The van der Waals surface area contributed by atoms with Crippen molar-refractivity contribution in [1.29, 1.82) is 0 Å². The molecule has 2 aliphatic rings. The minimum absolute atomic E-state index is 0.0570. The van der Waals surface area contributed by atoms with Gasteiger partial charge in [-0.1, -0.05) is 24.6 Å². The average Bonchev–Trinajstić information content (AvgIpc) is 2.77. The van der Waals surface area contributed by atoms with Crippen LogP contribution in [0.3, 0.4) is 0 Å². The van der Waals surface area contributed by atoms with Crippen LogP contribution in [0.1, 0.15) is 37.8 Å². The highest BCUT2D eigenvalue weighted by Crippen LogP contribution is 2.32. The topological polar surface area (TPSA) is 49.4 Å². The quantitative estimate of drug-likeness (QED) is 0.924. The fourth-order valence-corrected chi connectivity index (χ4v) is 5.19. The molecule has 3 rings (SSSR count). The molecule has 116 valence electrons. The lowest BCUT2D eigenvalue weighted by atomic mass is 10.1. The van der Waals surface area contributed by atoms with Crippen LogP contribution in [0.4, 0.5) is 0 Å². The third-order valence-electron chi connectivity index (χ3n) is 4.69. The van der Waals surface area contributed by atoms with Crippen molar-refractivity contribution in [3.8, 4) is 0 Å². The van der Waals surface area contributed by atoms with Crippen molar-refractivity contribution < 1.29 is 8.42 Å². The zero-order valence-corrected chi connectivity index (χ0v) is 13.4. The van der Waals surface area contributed by atoms with E-state index in [0.717, 1.165) is 12.1 Å². The van der Waals surface area contributed by atoms with Crippen LogP contribution in [-0.4, -0.2) is 44.7 Å². The molecule has 4 nitrogen and oxygen atoms in total. The Balaban J connectivity index is 1.64. The summed E-state index contributed by atoms with van der Waals surface area (Å²) in [6.07, 6.45) is 3.90. The van der Waals surface area contributed by atoms with E-state index in [1.807, 2.05) is 12.1 Å². The normalized spacial score (nSPS) is 26.4.